The summed E-state index contributed by atoms with van der Waals surface area (Å²) in [7, 11) is -3.48. The third-order valence-corrected chi connectivity index (χ3v) is 7.79. The molecule has 1 amide bonds. The fourth-order valence-corrected chi connectivity index (χ4v) is 5.50. The van der Waals surface area contributed by atoms with E-state index in [1.54, 1.807) is 12.1 Å². The minimum Gasteiger partial charge on any atom is -0.353 e. The molecule has 1 aromatic carbocycles. The Labute approximate surface area is 157 Å². The summed E-state index contributed by atoms with van der Waals surface area (Å²) in [6, 6.07) is 5.59. The van der Waals surface area contributed by atoms with E-state index < -0.39 is 10.0 Å². The molecule has 1 aliphatic heterocycles. The topological polar surface area (TPSA) is 66.5 Å². The van der Waals surface area contributed by atoms with Crippen molar-refractivity contribution < 1.29 is 13.2 Å². The minimum atomic E-state index is -3.48. The average molecular weight is 379 g/mol. The van der Waals surface area contributed by atoms with E-state index in [0.29, 0.717) is 36.9 Å². The molecule has 0 spiro atoms. The van der Waals surface area contributed by atoms with Gasteiger partial charge in [-0.25, -0.2) is 8.42 Å². The number of sulfonamides is 1. The lowest BCUT2D eigenvalue weighted by Crippen LogP contribution is -2.45. The van der Waals surface area contributed by atoms with Gasteiger partial charge in [-0.2, -0.15) is 4.31 Å². The van der Waals surface area contributed by atoms with E-state index in [9.17, 15) is 13.2 Å². The first-order valence-corrected chi connectivity index (χ1v) is 11.2. The molecule has 1 N–H and O–H groups in total. The van der Waals surface area contributed by atoms with Crippen LogP contribution in [0.2, 0.25) is 0 Å². The number of nitrogens with zero attached hydrogens (tertiary/aromatic N) is 1. The molecular weight excluding hydrogens is 348 g/mol. The van der Waals surface area contributed by atoms with Crippen LogP contribution >= 0.6 is 0 Å². The van der Waals surface area contributed by atoms with Gasteiger partial charge in [0, 0.05) is 25.0 Å². The summed E-state index contributed by atoms with van der Waals surface area (Å²) in [6.07, 6.45) is 7.00. The molecule has 1 aromatic rings. The first-order chi connectivity index (χ1) is 12.4. The van der Waals surface area contributed by atoms with Gasteiger partial charge in [-0.05, 0) is 62.8 Å². The van der Waals surface area contributed by atoms with Crippen LogP contribution < -0.4 is 5.32 Å². The second-order valence-corrected chi connectivity index (χ2v) is 9.71. The first-order valence-electron chi connectivity index (χ1n) is 9.75. The second-order valence-electron chi connectivity index (χ2n) is 7.77. The Bertz CT molecular complexity index is 746. The Morgan fingerprint density at radius 3 is 2.27 bits per heavy atom. The summed E-state index contributed by atoms with van der Waals surface area (Å²) in [5, 5.41) is 3.18. The lowest BCUT2D eigenvalue weighted by molar-refractivity contribution is -0.127. The Kier molecular flexibility index (Phi) is 6.03. The van der Waals surface area contributed by atoms with E-state index in [0.717, 1.165) is 24.0 Å². The lowest BCUT2D eigenvalue weighted by atomic mass is 9.93. The van der Waals surface area contributed by atoms with Crippen molar-refractivity contribution >= 4 is 15.9 Å². The van der Waals surface area contributed by atoms with Gasteiger partial charge in [0.1, 0.15) is 0 Å². The zero-order chi connectivity index (χ0) is 18.7. The third-order valence-electron chi connectivity index (χ3n) is 5.89. The number of carbonyl (C=O) groups excluding carboxylic acids is 1. The maximum atomic E-state index is 12.9. The van der Waals surface area contributed by atoms with E-state index in [1.807, 2.05) is 19.9 Å². The normalized spacial score (nSPS) is 20.8. The molecule has 0 atom stereocenters. The van der Waals surface area contributed by atoms with Crippen LogP contribution in [0.15, 0.2) is 23.1 Å². The highest BCUT2D eigenvalue weighted by molar-refractivity contribution is 7.89. The van der Waals surface area contributed by atoms with Gasteiger partial charge >= 0.3 is 0 Å². The first kappa shape index (κ1) is 19.4. The molecular formula is C20H30N2O3S. The standard InChI is InChI=1S/C20H30N2O3S/c1-15-8-9-19(14-16(15)2)26(24,25)22-12-10-17(11-13-22)20(23)21-18-6-4-3-5-7-18/h8-9,14,17-18H,3-7,10-13H2,1-2H3,(H,21,23). The van der Waals surface area contributed by atoms with Crippen molar-refractivity contribution in [2.75, 3.05) is 13.1 Å². The van der Waals surface area contributed by atoms with Crippen molar-refractivity contribution in [2.45, 2.75) is 69.7 Å². The molecule has 1 saturated carbocycles. The number of nitrogens with one attached hydrogen (secondary N) is 1. The van der Waals surface area contributed by atoms with Crippen molar-refractivity contribution in [3.8, 4) is 0 Å². The highest BCUT2D eigenvalue weighted by atomic mass is 32.2. The van der Waals surface area contributed by atoms with E-state index in [-0.39, 0.29) is 11.8 Å². The van der Waals surface area contributed by atoms with E-state index in [4.69, 9.17) is 0 Å². The van der Waals surface area contributed by atoms with Crippen LogP contribution in [0.1, 0.15) is 56.1 Å². The molecule has 2 aliphatic rings. The van der Waals surface area contributed by atoms with Gasteiger partial charge in [-0.1, -0.05) is 25.3 Å². The molecule has 1 heterocycles. The summed E-state index contributed by atoms with van der Waals surface area (Å²) in [5.41, 5.74) is 2.06. The molecule has 3 rings (SSSR count). The smallest absolute Gasteiger partial charge is 0.243 e. The molecule has 144 valence electrons. The van der Waals surface area contributed by atoms with Crippen LogP contribution in [-0.2, 0) is 14.8 Å². The third kappa shape index (κ3) is 4.29. The van der Waals surface area contributed by atoms with Gasteiger partial charge in [0.15, 0.2) is 0 Å². The number of hydrogen-bond acceptors (Lipinski definition) is 3. The number of amides is 1. The summed E-state index contributed by atoms with van der Waals surface area (Å²) in [4.78, 5) is 12.8. The number of benzene rings is 1. The molecule has 2 fully saturated rings. The van der Waals surface area contributed by atoms with Crippen molar-refractivity contribution in [1.29, 1.82) is 0 Å². The second kappa shape index (κ2) is 8.09. The largest absolute Gasteiger partial charge is 0.353 e. The number of rotatable bonds is 4. The average Bonchev–Trinajstić information content (AvgIpc) is 2.65. The predicted octanol–water partition coefficient (Wildman–Crippen LogP) is 3.15. The molecule has 6 heteroatoms. The summed E-state index contributed by atoms with van der Waals surface area (Å²) >= 11 is 0. The molecule has 0 bridgehead atoms. The number of piperidine rings is 1. The summed E-state index contributed by atoms with van der Waals surface area (Å²) in [6.45, 7) is 4.73. The molecule has 0 radical (unpaired) electrons. The highest BCUT2D eigenvalue weighted by Crippen LogP contribution is 2.26. The Morgan fingerprint density at radius 2 is 1.65 bits per heavy atom. The number of aryl methyl sites for hydroxylation is 2. The minimum absolute atomic E-state index is 0.0665. The van der Waals surface area contributed by atoms with Crippen molar-refractivity contribution in [1.82, 2.24) is 9.62 Å². The SMILES string of the molecule is Cc1ccc(S(=O)(=O)N2CCC(C(=O)NC3CCCCC3)CC2)cc1C. The van der Waals surface area contributed by atoms with Crippen molar-refractivity contribution in [2.24, 2.45) is 5.92 Å². The Hall–Kier alpha value is -1.40. The van der Waals surface area contributed by atoms with Gasteiger partial charge < -0.3 is 5.32 Å². The van der Waals surface area contributed by atoms with Crippen molar-refractivity contribution in [3.05, 3.63) is 29.3 Å². The van der Waals surface area contributed by atoms with Gasteiger partial charge in [0.05, 0.1) is 4.90 Å². The molecule has 5 nitrogen and oxygen atoms in total. The monoisotopic (exact) mass is 378 g/mol. The van der Waals surface area contributed by atoms with Gasteiger partial charge in [-0.15, -0.1) is 0 Å². The lowest BCUT2D eigenvalue weighted by Gasteiger charge is -2.32. The van der Waals surface area contributed by atoms with Crippen molar-refractivity contribution in [3.63, 3.8) is 0 Å². The van der Waals surface area contributed by atoms with Gasteiger partial charge in [0.25, 0.3) is 0 Å². The summed E-state index contributed by atoms with van der Waals surface area (Å²) < 4.78 is 27.3. The van der Waals surface area contributed by atoms with Gasteiger partial charge in [-0.3, -0.25) is 4.79 Å². The van der Waals surface area contributed by atoms with Crippen LogP contribution in [0.3, 0.4) is 0 Å². The van der Waals surface area contributed by atoms with Crippen LogP contribution in [0, 0.1) is 19.8 Å². The van der Waals surface area contributed by atoms with Crippen LogP contribution in [0.25, 0.3) is 0 Å². The molecule has 0 aromatic heterocycles. The summed E-state index contributed by atoms with van der Waals surface area (Å²) in [5.74, 6) is 0.0447. The predicted molar refractivity (Wildman–Crippen MR) is 102 cm³/mol. The van der Waals surface area contributed by atoms with E-state index >= 15 is 0 Å². The Balaban J connectivity index is 1.58. The van der Waals surface area contributed by atoms with Crippen LogP contribution in [0.4, 0.5) is 0 Å². The quantitative estimate of drug-likeness (QED) is 0.875. The number of hydrogen-bond donors (Lipinski definition) is 1. The molecule has 1 aliphatic carbocycles. The maximum Gasteiger partial charge on any atom is 0.243 e. The zero-order valence-electron chi connectivity index (χ0n) is 15.8. The molecule has 1 saturated heterocycles. The Morgan fingerprint density at radius 1 is 1.00 bits per heavy atom. The van der Waals surface area contributed by atoms with Crippen LogP contribution in [0.5, 0.6) is 0 Å². The van der Waals surface area contributed by atoms with Crippen LogP contribution in [-0.4, -0.2) is 37.8 Å². The maximum absolute atomic E-state index is 12.9. The zero-order valence-corrected chi connectivity index (χ0v) is 16.6. The van der Waals surface area contributed by atoms with E-state index in [2.05, 4.69) is 5.32 Å². The molecule has 26 heavy (non-hydrogen) atoms. The fourth-order valence-electron chi connectivity index (χ4n) is 3.95. The fraction of sp³-hybridized carbons (Fsp3) is 0.650. The highest BCUT2D eigenvalue weighted by Gasteiger charge is 2.32. The van der Waals surface area contributed by atoms with E-state index in [1.165, 1.54) is 23.6 Å². The number of carbonyl (C=O) groups is 1. The molecule has 0 unspecified atom stereocenters. The van der Waals surface area contributed by atoms with Gasteiger partial charge in [0.2, 0.25) is 15.9 Å².